The van der Waals surface area contributed by atoms with Crippen molar-refractivity contribution >= 4 is 40.5 Å². The molecule has 3 N–H and O–H groups in total. The van der Waals surface area contributed by atoms with Crippen LogP contribution in [0.3, 0.4) is 0 Å². The fourth-order valence-corrected chi connectivity index (χ4v) is 3.96. The molecule has 1 aliphatic heterocycles. The van der Waals surface area contributed by atoms with Crippen molar-refractivity contribution in [1.82, 2.24) is 9.97 Å². The first-order chi connectivity index (χ1) is 16.3. The maximum absolute atomic E-state index is 12.8. The first-order valence-electron chi connectivity index (χ1n) is 11.5. The summed E-state index contributed by atoms with van der Waals surface area (Å²) in [7, 11) is 0. The summed E-state index contributed by atoms with van der Waals surface area (Å²) in [5, 5.41) is 9.39. The van der Waals surface area contributed by atoms with E-state index < -0.39 is 0 Å². The minimum atomic E-state index is -0.389. The second kappa shape index (κ2) is 9.91. The first kappa shape index (κ1) is 23.2. The lowest BCUT2D eigenvalue weighted by Gasteiger charge is -2.18. The van der Waals surface area contributed by atoms with Crippen LogP contribution >= 0.6 is 0 Å². The number of benzene rings is 2. The van der Waals surface area contributed by atoms with Crippen LogP contribution in [-0.2, 0) is 9.59 Å². The van der Waals surface area contributed by atoms with Crippen LogP contribution in [0.4, 0.5) is 28.7 Å². The molecule has 4 rings (SSSR count). The molecule has 0 saturated carbocycles. The van der Waals surface area contributed by atoms with E-state index in [9.17, 15) is 9.59 Å². The van der Waals surface area contributed by atoms with Gasteiger partial charge in [-0.15, -0.1) is 0 Å². The standard InChI is InChI=1S/C26H30N6O2/c1-5-27-23-14-24(29-18(4)28-23)30-20-7-9-21(10-8-20)31-26(34)19-13-25(33)32(15-19)22-11-6-16(2)17(3)12-22/h6-12,14,19H,5,13,15H2,1-4H3,(H,31,34)(H2,27,28,29,30). The average Bonchev–Trinajstić information content (AvgIpc) is 3.19. The van der Waals surface area contributed by atoms with Crippen molar-refractivity contribution in [2.45, 2.75) is 34.1 Å². The van der Waals surface area contributed by atoms with E-state index in [0.29, 0.717) is 23.9 Å². The molecule has 1 atom stereocenters. The van der Waals surface area contributed by atoms with Crippen molar-refractivity contribution in [3.63, 3.8) is 0 Å². The Morgan fingerprint density at radius 3 is 2.38 bits per heavy atom. The SMILES string of the molecule is CCNc1cc(Nc2ccc(NC(=O)C3CC(=O)N(c4ccc(C)c(C)c4)C3)cc2)nc(C)n1. The molecule has 8 nitrogen and oxygen atoms in total. The van der Waals surface area contributed by atoms with Gasteiger partial charge in [-0.05, 0) is 75.2 Å². The van der Waals surface area contributed by atoms with Crippen molar-refractivity contribution < 1.29 is 9.59 Å². The third kappa shape index (κ3) is 5.33. The van der Waals surface area contributed by atoms with Crippen LogP contribution in [0.15, 0.2) is 48.5 Å². The summed E-state index contributed by atoms with van der Waals surface area (Å²) >= 11 is 0. The van der Waals surface area contributed by atoms with E-state index >= 15 is 0 Å². The van der Waals surface area contributed by atoms with Crippen LogP contribution in [0.1, 0.15) is 30.3 Å². The zero-order valence-electron chi connectivity index (χ0n) is 20.0. The van der Waals surface area contributed by atoms with Gasteiger partial charge < -0.3 is 20.9 Å². The number of rotatable bonds is 7. The van der Waals surface area contributed by atoms with E-state index in [1.165, 1.54) is 5.56 Å². The van der Waals surface area contributed by atoms with Crippen LogP contribution in [0.5, 0.6) is 0 Å². The number of amides is 2. The predicted octanol–water partition coefficient (Wildman–Crippen LogP) is 4.57. The highest BCUT2D eigenvalue weighted by Gasteiger charge is 2.35. The van der Waals surface area contributed by atoms with Crippen LogP contribution < -0.4 is 20.9 Å². The summed E-state index contributed by atoms with van der Waals surface area (Å²) in [6.45, 7) is 9.08. The van der Waals surface area contributed by atoms with Crippen molar-refractivity contribution in [3.05, 3.63) is 65.5 Å². The lowest BCUT2D eigenvalue weighted by molar-refractivity contribution is -0.122. The van der Waals surface area contributed by atoms with Gasteiger partial charge in [0.05, 0.1) is 5.92 Å². The molecule has 8 heteroatoms. The Bertz CT molecular complexity index is 1210. The first-order valence-corrected chi connectivity index (χ1v) is 11.5. The highest BCUT2D eigenvalue weighted by Crippen LogP contribution is 2.28. The number of nitrogens with zero attached hydrogens (tertiary/aromatic N) is 3. The fourth-order valence-electron chi connectivity index (χ4n) is 3.96. The molecule has 1 aromatic heterocycles. The number of hydrogen-bond donors (Lipinski definition) is 3. The van der Waals surface area contributed by atoms with Gasteiger partial charge in [0.2, 0.25) is 11.8 Å². The molecule has 0 bridgehead atoms. The number of carbonyl (C=O) groups excluding carboxylic acids is 2. The zero-order chi connectivity index (χ0) is 24.2. The minimum absolute atomic E-state index is 0.0278. The van der Waals surface area contributed by atoms with Crippen LogP contribution in [-0.4, -0.2) is 34.9 Å². The van der Waals surface area contributed by atoms with Crippen molar-refractivity contribution in [3.8, 4) is 0 Å². The van der Waals surface area contributed by atoms with Crippen molar-refractivity contribution in [2.24, 2.45) is 5.92 Å². The van der Waals surface area contributed by atoms with E-state index in [1.807, 2.05) is 76.2 Å². The Labute approximate surface area is 199 Å². The van der Waals surface area contributed by atoms with Gasteiger partial charge in [-0.25, -0.2) is 9.97 Å². The summed E-state index contributed by atoms with van der Waals surface area (Å²) in [5.74, 6) is 1.56. The van der Waals surface area contributed by atoms with Crippen LogP contribution in [0.2, 0.25) is 0 Å². The molecule has 1 saturated heterocycles. The molecule has 1 unspecified atom stereocenters. The largest absolute Gasteiger partial charge is 0.370 e. The summed E-state index contributed by atoms with van der Waals surface area (Å²) < 4.78 is 0. The molecule has 0 spiro atoms. The molecule has 176 valence electrons. The third-order valence-electron chi connectivity index (χ3n) is 5.92. The van der Waals surface area contributed by atoms with Crippen molar-refractivity contribution in [2.75, 3.05) is 33.9 Å². The average molecular weight is 459 g/mol. The monoisotopic (exact) mass is 458 g/mol. The number of aryl methyl sites for hydroxylation is 3. The molecule has 34 heavy (non-hydrogen) atoms. The molecule has 3 aromatic rings. The van der Waals surface area contributed by atoms with Gasteiger partial charge >= 0.3 is 0 Å². The lowest BCUT2D eigenvalue weighted by atomic mass is 10.1. The van der Waals surface area contributed by atoms with Gasteiger partial charge in [-0.2, -0.15) is 0 Å². The third-order valence-corrected chi connectivity index (χ3v) is 5.92. The second-order valence-electron chi connectivity index (χ2n) is 8.58. The van der Waals surface area contributed by atoms with E-state index in [1.54, 1.807) is 4.90 Å². The van der Waals surface area contributed by atoms with Gasteiger partial charge in [0, 0.05) is 42.6 Å². The summed E-state index contributed by atoms with van der Waals surface area (Å²) in [6.07, 6.45) is 0.208. The van der Waals surface area contributed by atoms with Gasteiger partial charge in [0.25, 0.3) is 0 Å². The molecule has 0 aliphatic carbocycles. The summed E-state index contributed by atoms with van der Waals surface area (Å²) in [6, 6.07) is 15.2. The Hall–Kier alpha value is -3.94. The molecule has 1 fully saturated rings. The smallest absolute Gasteiger partial charge is 0.229 e. The number of aromatic nitrogens is 2. The maximum atomic E-state index is 12.8. The van der Waals surface area contributed by atoms with E-state index in [4.69, 9.17) is 0 Å². The van der Waals surface area contributed by atoms with E-state index in [0.717, 1.165) is 29.3 Å². The van der Waals surface area contributed by atoms with E-state index in [-0.39, 0.29) is 24.2 Å². The van der Waals surface area contributed by atoms with Crippen LogP contribution in [0.25, 0.3) is 0 Å². The summed E-state index contributed by atoms with van der Waals surface area (Å²) in [4.78, 5) is 35.9. The lowest BCUT2D eigenvalue weighted by Crippen LogP contribution is -2.28. The normalized spacial score (nSPS) is 15.4. The summed E-state index contributed by atoms with van der Waals surface area (Å²) in [5.41, 5.74) is 4.67. The molecule has 2 heterocycles. The highest BCUT2D eigenvalue weighted by atomic mass is 16.2. The van der Waals surface area contributed by atoms with Gasteiger partial charge in [-0.3, -0.25) is 9.59 Å². The fraction of sp³-hybridized carbons (Fsp3) is 0.308. The number of carbonyl (C=O) groups is 2. The highest BCUT2D eigenvalue weighted by molar-refractivity contribution is 6.03. The Morgan fingerprint density at radius 1 is 0.971 bits per heavy atom. The molecule has 1 aliphatic rings. The Balaban J connectivity index is 1.37. The maximum Gasteiger partial charge on any atom is 0.229 e. The number of hydrogen-bond acceptors (Lipinski definition) is 6. The predicted molar refractivity (Wildman–Crippen MR) is 136 cm³/mol. The Morgan fingerprint density at radius 2 is 1.68 bits per heavy atom. The van der Waals surface area contributed by atoms with Crippen molar-refractivity contribution in [1.29, 1.82) is 0 Å². The molecular formula is C26H30N6O2. The van der Waals surface area contributed by atoms with Gasteiger partial charge in [-0.1, -0.05) is 6.07 Å². The number of nitrogens with one attached hydrogen (secondary N) is 3. The molecule has 0 radical (unpaired) electrons. The molecule has 2 aromatic carbocycles. The van der Waals surface area contributed by atoms with Gasteiger partial charge in [0.15, 0.2) is 0 Å². The minimum Gasteiger partial charge on any atom is -0.370 e. The topological polar surface area (TPSA) is 99.2 Å². The van der Waals surface area contributed by atoms with Gasteiger partial charge in [0.1, 0.15) is 17.5 Å². The quantitative estimate of drug-likeness (QED) is 0.480. The van der Waals surface area contributed by atoms with E-state index in [2.05, 4.69) is 25.9 Å². The Kier molecular flexibility index (Phi) is 6.77. The zero-order valence-corrected chi connectivity index (χ0v) is 20.0. The molecule has 2 amide bonds. The van der Waals surface area contributed by atoms with Crippen LogP contribution in [0, 0.1) is 26.7 Å². The second-order valence-corrected chi connectivity index (χ2v) is 8.58. The molecular weight excluding hydrogens is 428 g/mol. The number of anilines is 5.